The zero-order valence-electron chi connectivity index (χ0n) is 8.42. The molecule has 1 saturated carbocycles. The fourth-order valence-electron chi connectivity index (χ4n) is 2.50. The largest absolute Gasteiger partial charge is 0.299 e. The minimum atomic E-state index is -0.260. The zero-order chi connectivity index (χ0) is 10.0. The number of allylic oxidation sites excluding steroid dienone is 2. The second-order valence-electron chi connectivity index (χ2n) is 4.44. The first kappa shape index (κ1) is 9.63. The molecule has 14 heavy (non-hydrogen) atoms. The summed E-state index contributed by atoms with van der Waals surface area (Å²) in [6, 6.07) is 0. The highest BCUT2D eigenvalue weighted by atomic mass is 16.1. The fourth-order valence-corrected chi connectivity index (χ4v) is 2.50. The van der Waals surface area contributed by atoms with Crippen LogP contribution < -0.4 is 0 Å². The summed E-state index contributed by atoms with van der Waals surface area (Å²) < 4.78 is 0. The maximum atomic E-state index is 11.9. The van der Waals surface area contributed by atoms with Crippen LogP contribution in [-0.4, -0.2) is 11.6 Å². The molecule has 0 aliphatic heterocycles. The smallest absolute Gasteiger partial charge is 0.155 e. The predicted molar refractivity (Wildman–Crippen MR) is 53.9 cm³/mol. The Kier molecular flexibility index (Phi) is 2.53. The second kappa shape index (κ2) is 3.68. The van der Waals surface area contributed by atoms with Gasteiger partial charge in [0.05, 0.1) is 0 Å². The lowest BCUT2D eigenvalue weighted by atomic mass is 9.72. The van der Waals surface area contributed by atoms with E-state index in [0.717, 1.165) is 32.1 Å². The SMILES string of the molecule is O=C1C=CC2(CCCCCC2=O)CC1. The molecule has 2 rings (SSSR count). The van der Waals surface area contributed by atoms with Gasteiger partial charge in [0.2, 0.25) is 0 Å². The van der Waals surface area contributed by atoms with Gasteiger partial charge in [-0.1, -0.05) is 18.9 Å². The molecular weight excluding hydrogens is 176 g/mol. The lowest BCUT2D eigenvalue weighted by Gasteiger charge is -2.29. The summed E-state index contributed by atoms with van der Waals surface area (Å²) in [5.74, 6) is 0.534. The molecule has 0 aromatic carbocycles. The maximum Gasteiger partial charge on any atom is 0.155 e. The minimum absolute atomic E-state index is 0.174. The van der Waals surface area contributed by atoms with Gasteiger partial charge in [-0.2, -0.15) is 0 Å². The molecule has 2 aliphatic carbocycles. The fraction of sp³-hybridized carbons (Fsp3) is 0.667. The van der Waals surface area contributed by atoms with Crippen molar-refractivity contribution in [1.82, 2.24) is 0 Å². The molecule has 76 valence electrons. The third kappa shape index (κ3) is 1.66. The Morgan fingerprint density at radius 2 is 1.86 bits per heavy atom. The summed E-state index contributed by atoms with van der Waals surface area (Å²) >= 11 is 0. The first-order valence-electron chi connectivity index (χ1n) is 5.48. The molecule has 1 spiro atoms. The monoisotopic (exact) mass is 192 g/mol. The Labute approximate surface area is 84.4 Å². The molecule has 1 unspecified atom stereocenters. The van der Waals surface area contributed by atoms with Crippen molar-refractivity contribution in [1.29, 1.82) is 0 Å². The van der Waals surface area contributed by atoms with Crippen molar-refractivity contribution in [2.75, 3.05) is 0 Å². The Balaban J connectivity index is 2.23. The Morgan fingerprint density at radius 1 is 1.00 bits per heavy atom. The van der Waals surface area contributed by atoms with Gasteiger partial charge >= 0.3 is 0 Å². The molecule has 2 heteroatoms. The maximum absolute atomic E-state index is 11.9. The van der Waals surface area contributed by atoms with E-state index >= 15 is 0 Å². The number of ketones is 2. The van der Waals surface area contributed by atoms with Gasteiger partial charge in [0.25, 0.3) is 0 Å². The van der Waals surface area contributed by atoms with E-state index in [1.807, 2.05) is 6.08 Å². The van der Waals surface area contributed by atoms with Crippen LogP contribution in [0.5, 0.6) is 0 Å². The average Bonchev–Trinajstić information content (AvgIpc) is 2.36. The quantitative estimate of drug-likeness (QED) is 0.590. The molecule has 0 N–H and O–H groups in total. The van der Waals surface area contributed by atoms with Crippen LogP contribution in [0.1, 0.15) is 44.9 Å². The van der Waals surface area contributed by atoms with Crippen LogP contribution in [0.25, 0.3) is 0 Å². The van der Waals surface area contributed by atoms with Crippen molar-refractivity contribution in [3.05, 3.63) is 12.2 Å². The molecule has 0 radical (unpaired) electrons. The lowest BCUT2D eigenvalue weighted by Crippen LogP contribution is -2.31. The molecule has 2 aliphatic rings. The van der Waals surface area contributed by atoms with E-state index in [1.165, 1.54) is 0 Å². The molecule has 0 saturated heterocycles. The van der Waals surface area contributed by atoms with Crippen LogP contribution in [0.2, 0.25) is 0 Å². The van der Waals surface area contributed by atoms with Gasteiger partial charge in [-0.25, -0.2) is 0 Å². The lowest BCUT2D eigenvalue weighted by molar-refractivity contribution is -0.127. The van der Waals surface area contributed by atoms with Gasteiger partial charge in [-0.15, -0.1) is 0 Å². The van der Waals surface area contributed by atoms with Gasteiger partial charge in [0.1, 0.15) is 5.78 Å². The molecule has 0 aromatic heterocycles. The molecule has 1 fully saturated rings. The number of Topliss-reactive ketones (excluding diaryl/α,β-unsaturated/α-hetero) is 1. The number of carbonyl (C=O) groups excluding carboxylic acids is 2. The van der Waals surface area contributed by atoms with E-state index in [9.17, 15) is 9.59 Å². The molecule has 2 nitrogen and oxygen atoms in total. The number of hydrogen-bond acceptors (Lipinski definition) is 2. The van der Waals surface area contributed by atoms with E-state index in [2.05, 4.69) is 0 Å². The van der Waals surface area contributed by atoms with E-state index < -0.39 is 0 Å². The third-order valence-electron chi connectivity index (χ3n) is 3.49. The Bertz CT molecular complexity index is 291. The molecular formula is C12H16O2. The highest BCUT2D eigenvalue weighted by Gasteiger charge is 2.37. The molecule has 0 bridgehead atoms. The van der Waals surface area contributed by atoms with Crippen molar-refractivity contribution in [3.63, 3.8) is 0 Å². The molecule has 1 atom stereocenters. The summed E-state index contributed by atoms with van der Waals surface area (Å²) in [6.07, 6.45) is 9.79. The number of rotatable bonds is 0. The summed E-state index contributed by atoms with van der Waals surface area (Å²) in [6.45, 7) is 0. The van der Waals surface area contributed by atoms with Crippen molar-refractivity contribution < 1.29 is 9.59 Å². The van der Waals surface area contributed by atoms with Crippen LogP contribution in [0, 0.1) is 5.41 Å². The normalized spacial score (nSPS) is 33.4. The Hall–Kier alpha value is -0.920. The standard InChI is InChI=1S/C12H16O2/c13-10-5-8-12(9-6-10)7-3-1-2-4-11(12)14/h5,8H,1-4,6-7,9H2. The van der Waals surface area contributed by atoms with Gasteiger partial charge in [-0.3, -0.25) is 9.59 Å². The van der Waals surface area contributed by atoms with E-state index in [-0.39, 0.29) is 11.2 Å². The average molecular weight is 192 g/mol. The van der Waals surface area contributed by atoms with Crippen LogP contribution in [0.15, 0.2) is 12.2 Å². The molecule has 0 heterocycles. The molecule has 0 amide bonds. The van der Waals surface area contributed by atoms with E-state index in [0.29, 0.717) is 18.6 Å². The summed E-state index contributed by atoms with van der Waals surface area (Å²) in [7, 11) is 0. The van der Waals surface area contributed by atoms with Gasteiger partial charge in [0, 0.05) is 18.3 Å². The van der Waals surface area contributed by atoms with Gasteiger partial charge in [-0.05, 0) is 25.3 Å². The third-order valence-corrected chi connectivity index (χ3v) is 3.49. The first-order valence-corrected chi connectivity index (χ1v) is 5.48. The Morgan fingerprint density at radius 3 is 2.57 bits per heavy atom. The topological polar surface area (TPSA) is 34.1 Å². The molecule has 0 aromatic rings. The first-order chi connectivity index (χ1) is 6.73. The summed E-state index contributed by atoms with van der Waals surface area (Å²) in [5.41, 5.74) is -0.260. The summed E-state index contributed by atoms with van der Waals surface area (Å²) in [4.78, 5) is 23.0. The minimum Gasteiger partial charge on any atom is -0.299 e. The van der Waals surface area contributed by atoms with Crippen molar-refractivity contribution in [2.45, 2.75) is 44.9 Å². The van der Waals surface area contributed by atoms with Crippen LogP contribution in [0.3, 0.4) is 0 Å². The van der Waals surface area contributed by atoms with Crippen LogP contribution in [-0.2, 0) is 9.59 Å². The zero-order valence-corrected chi connectivity index (χ0v) is 8.42. The summed E-state index contributed by atoms with van der Waals surface area (Å²) in [5, 5.41) is 0. The second-order valence-corrected chi connectivity index (χ2v) is 4.44. The van der Waals surface area contributed by atoms with E-state index in [4.69, 9.17) is 0 Å². The van der Waals surface area contributed by atoms with Crippen molar-refractivity contribution >= 4 is 11.6 Å². The predicted octanol–water partition coefficient (Wildman–Crippen LogP) is 2.43. The van der Waals surface area contributed by atoms with Crippen molar-refractivity contribution in [3.8, 4) is 0 Å². The van der Waals surface area contributed by atoms with Crippen molar-refractivity contribution in [2.24, 2.45) is 5.41 Å². The highest BCUT2D eigenvalue weighted by Crippen LogP contribution is 2.39. The van der Waals surface area contributed by atoms with Crippen LogP contribution in [0.4, 0.5) is 0 Å². The van der Waals surface area contributed by atoms with Gasteiger partial charge in [0.15, 0.2) is 5.78 Å². The van der Waals surface area contributed by atoms with Crippen LogP contribution >= 0.6 is 0 Å². The number of carbonyl (C=O) groups is 2. The van der Waals surface area contributed by atoms with Gasteiger partial charge < -0.3 is 0 Å². The number of hydrogen-bond donors (Lipinski definition) is 0. The highest BCUT2D eigenvalue weighted by molar-refractivity contribution is 5.95. The van der Waals surface area contributed by atoms with E-state index in [1.54, 1.807) is 6.08 Å².